The third-order valence-corrected chi connectivity index (χ3v) is 2.92. The SMILES string of the molecule is CC(C)(C)N(C(=O)O)c1ccc(Br)c(OC(F)(F)F)c1. The van der Waals surface area contributed by atoms with Crippen LogP contribution in [0.3, 0.4) is 0 Å². The molecule has 112 valence electrons. The van der Waals surface area contributed by atoms with Gasteiger partial charge in [-0.15, -0.1) is 13.2 Å². The van der Waals surface area contributed by atoms with Crippen LogP contribution >= 0.6 is 15.9 Å². The Balaban J connectivity index is 3.26. The number of nitrogens with zero attached hydrogens (tertiary/aromatic N) is 1. The first-order valence-corrected chi connectivity index (χ1v) is 6.29. The van der Waals surface area contributed by atoms with Gasteiger partial charge in [-0.2, -0.15) is 0 Å². The van der Waals surface area contributed by atoms with Crippen LogP contribution in [0.25, 0.3) is 0 Å². The molecule has 4 nitrogen and oxygen atoms in total. The molecule has 0 saturated carbocycles. The zero-order valence-corrected chi connectivity index (χ0v) is 12.5. The molecule has 1 N–H and O–H groups in total. The Morgan fingerprint density at radius 1 is 1.30 bits per heavy atom. The number of ether oxygens (including phenoxy) is 1. The first-order valence-electron chi connectivity index (χ1n) is 5.50. The number of carboxylic acid groups (broad SMARTS) is 1. The van der Waals surface area contributed by atoms with Gasteiger partial charge in [0.25, 0.3) is 0 Å². The molecule has 1 rings (SSSR count). The lowest BCUT2D eigenvalue weighted by Crippen LogP contribution is -2.45. The molecule has 0 aromatic heterocycles. The second-order valence-electron chi connectivity index (χ2n) is 4.95. The second-order valence-corrected chi connectivity index (χ2v) is 5.81. The number of halogens is 4. The van der Waals surface area contributed by atoms with Gasteiger partial charge in [0, 0.05) is 11.6 Å². The molecular formula is C12H13BrF3NO3. The predicted molar refractivity (Wildman–Crippen MR) is 71.1 cm³/mol. The third-order valence-electron chi connectivity index (χ3n) is 2.26. The first kappa shape index (κ1) is 16.6. The van der Waals surface area contributed by atoms with E-state index in [4.69, 9.17) is 0 Å². The van der Waals surface area contributed by atoms with Gasteiger partial charge in [-0.25, -0.2) is 4.79 Å². The molecule has 0 aliphatic heterocycles. The lowest BCUT2D eigenvalue weighted by Gasteiger charge is -2.33. The van der Waals surface area contributed by atoms with E-state index in [1.165, 1.54) is 12.1 Å². The summed E-state index contributed by atoms with van der Waals surface area (Å²) in [7, 11) is 0. The van der Waals surface area contributed by atoms with E-state index >= 15 is 0 Å². The molecule has 0 atom stereocenters. The maximum absolute atomic E-state index is 12.3. The van der Waals surface area contributed by atoms with Crippen molar-refractivity contribution in [3.05, 3.63) is 22.7 Å². The molecule has 20 heavy (non-hydrogen) atoms. The van der Waals surface area contributed by atoms with E-state index in [9.17, 15) is 23.1 Å². The van der Waals surface area contributed by atoms with Crippen molar-refractivity contribution < 1.29 is 27.8 Å². The first-order chi connectivity index (χ1) is 8.92. The smallest absolute Gasteiger partial charge is 0.465 e. The summed E-state index contributed by atoms with van der Waals surface area (Å²) in [6.45, 7) is 4.90. The van der Waals surface area contributed by atoms with Gasteiger partial charge in [-0.05, 0) is 48.8 Å². The van der Waals surface area contributed by atoms with Crippen molar-refractivity contribution in [3.8, 4) is 5.75 Å². The largest absolute Gasteiger partial charge is 0.573 e. The van der Waals surface area contributed by atoms with Gasteiger partial charge in [0.2, 0.25) is 0 Å². The van der Waals surface area contributed by atoms with Crippen LogP contribution in [-0.2, 0) is 0 Å². The van der Waals surface area contributed by atoms with E-state index in [-0.39, 0.29) is 10.2 Å². The van der Waals surface area contributed by atoms with Gasteiger partial charge < -0.3 is 9.84 Å². The maximum Gasteiger partial charge on any atom is 0.573 e. The monoisotopic (exact) mass is 355 g/mol. The van der Waals surface area contributed by atoms with Crippen LogP contribution in [-0.4, -0.2) is 23.1 Å². The number of amides is 1. The molecule has 0 radical (unpaired) electrons. The summed E-state index contributed by atoms with van der Waals surface area (Å²) in [5.41, 5.74) is -0.720. The lowest BCUT2D eigenvalue weighted by atomic mass is 10.1. The van der Waals surface area contributed by atoms with Crippen LogP contribution in [0.2, 0.25) is 0 Å². The van der Waals surface area contributed by atoms with Crippen LogP contribution in [0, 0.1) is 0 Å². The van der Waals surface area contributed by atoms with E-state index in [1.807, 2.05) is 0 Å². The number of rotatable bonds is 2. The molecule has 0 spiro atoms. The number of alkyl halides is 3. The Morgan fingerprint density at radius 3 is 2.25 bits per heavy atom. The minimum Gasteiger partial charge on any atom is -0.465 e. The van der Waals surface area contributed by atoms with Gasteiger partial charge in [-0.1, -0.05) is 0 Å². The Morgan fingerprint density at radius 2 is 1.85 bits per heavy atom. The van der Waals surface area contributed by atoms with Gasteiger partial charge in [0.15, 0.2) is 0 Å². The molecule has 1 amide bonds. The summed E-state index contributed by atoms with van der Waals surface area (Å²) in [6.07, 6.45) is -6.12. The van der Waals surface area contributed by atoms with Crippen molar-refractivity contribution in [2.24, 2.45) is 0 Å². The Labute approximate surface area is 122 Å². The van der Waals surface area contributed by atoms with Gasteiger partial charge in [0.05, 0.1) is 10.2 Å². The molecule has 0 fully saturated rings. The fourth-order valence-corrected chi connectivity index (χ4v) is 1.95. The summed E-state index contributed by atoms with van der Waals surface area (Å²) < 4.78 is 40.8. The minimum atomic E-state index is -4.85. The number of hydrogen-bond acceptors (Lipinski definition) is 2. The molecule has 0 bridgehead atoms. The quantitative estimate of drug-likeness (QED) is 0.841. The van der Waals surface area contributed by atoms with Crippen molar-refractivity contribution in [3.63, 3.8) is 0 Å². The molecule has 8 heteroatoms. The summed E-state index contributed by atoms with van der Waals surface area (Å²) >= 11 is 2.93. The molecule has 0 saturated heterocycles. The summed E-state index contributed by atoms with van der Waals surface area (Å²) in [5.74, 6) is -0.495. The van der Waals surface area contributed by atoms with Crippen LogP contribution in [0.1, 0.15) is 20.8 Å². The van der Waals surface area contributed by atoms with Crippen LogP contribution in [0.15, 0.2) is 22.7 Å². The van der Waals surface area contributed by atoms with Crippen molar-refractivity contribution in [1.29, 1.82) is 0 Å². The number of benzene rings is 1. The molecule has 1 aromatic carbocycles. The maximum atomic E-state index is 12.3. The Bertz CT molecular complexity index is 512. The van der Waals surface area contributed by atoms with E-state index in [2.05, 4.69) is 20.7 Å². The minimum absolute atomic E-state index is 0.0813. The van der Waals surface area contributed by atoms with Crippen molar-refractivity contribution in [2.75, 3.05) is 4.90 Å². The lowest BCUT2D eigenvalue weighted by molar-refractivity contribution is -0.274. The zero-order valence-electron chi connectivity index (χ0n) is 11.0. The van der Waals surface area contributed by atoms with Crippen LogP contribution in [0.4, 0.5) is 23.7 Å². The third kappa shape index (κ3) is 4.29. The van der Waals surface area contributed by atoms with Crippen LogP contribution in [0.5, 0.6) is 5.75 Å². The Hall–Kier alpha value is -1.44. The average Bonchev–Trinajstić information content (AvgIpc) is 2.18. The molecule has 1 aromatic rings. The standard InChI is InChI=1S/C12H13BrF3NO3/c1-11(2,3)17(10(18)19)7-4-5-8(13)9(6-7)20-12(14,15)16/h4-6H,1-3H3,(H,18,19). The van der Waals surface area contributed by atoms with Gasteiger partial charge in [-0.3, -0.25) is 4.90 Å². The topological polar surface area (TPSA) is 49.8 Å². The second kappa shape index (κ2) is 5.51. The van der Waals surface area contributed by atoms with Crippen molar-refractivity contribution >= 4 is 27.7 Å². The fraction of sp³-hybridized carbons (Fsp3) is 0.417. The van der Waals surface area contributed by atoms with E-state index in [1.54, 1.807) is 20.8 Å². The van der Waals surface area contributed by atoms with E-state index in [0.717, 1.165) is 11.0 Å². The summed E-state index contributed by atoms with van der Waals surface area (Å²) in [5, 5.41) is 9.21. The van der Waals surface area contributed by atoms with Gasteiger partial charge >= 0.3 is 12.5 Å². The summed E-state index contributed by atoms with van der Waals surface area (Å²) in [4.78, 5) is 12.2. The van der Waals surface area contributed by atoms with Gasteiger partial charge in [0.1, 0.15) is 5.75 Å². The molecule has 0 aliphatic rings. The highest BCUT2D eigenvalue weighted by Crippen LogP contribution is 2.35. The normalized spacial score (nSPS) is 12.2. The summed E-state index contributed by atoms with van der Waals surface area (Å²) in [6, 6.07) is 3.72. The highest BCUT2D eigenvalue weighted by Gasteiger charge is 2.33. The molecular weight excluding hydrogens is 343 g/mol. The molecule has 0 heterocycles. The van der Waals surface area contributed by atoms with E-state index in [0.29, 0.717) is 0 Å². The highest BCUT2D eigenvalue weighted by atomic mass is 79.9. The average molecular weight is 356 g/mol. The fourth-order valence-electron chi connectivity index (χ4n) is 1.62. The molecule has 0 aliphatic carbocycles. The molecule has 0 unspecified atom stereocenters. The number of anilines is 1. The highest BCUT2D eigenvalue weighted by molar-refractivity contribution is 9.10. The predicted octanol–water partition coefficient (Wildman–Crippen LogP) is 4.63. The van der Waals surface area contributed by atoms with Crippen LogP contribution < -0.4 is 9.64 Å². The van der Waals surface area contributed by atoms with Crippen molar-refractivity contribution in [2.45, 2.75) is 32.7 Å². The number of hydrogen-bond donors (Lipinski definition) is 1. The Kier molecular flexibility index (Phi) is 4.58. The number of carbonyl (C=O) groups is 1. The van der Waals surface area contributed by atoms with E-state index < -0.39 is 23.7 Å². The zero-order chi connectivity index (χ0) is 15.7. The van der Waals surface area contributed by atoms with Crippen molar-refractivity contribution in [1.82, 2.24) is 0 Å².